The lowest BCUT2D eigenvalue weighted by atomic mass is 10.1. The van der Waals surface area contributed by atoms with Gasteiger partial charge in [0, 0.05) is 17.8 Å². The Morgan fingerprint density at radius 3 is 2.53 bits per heavy atom. The molecule has 0 saturated heterocycles. The molecule has 0 radical (unpaired) electrons. The van der Waals surface area contributed by atoms with Crippen molar-refractivity contribution in [3.05, 3.63) is 35.3 Å². The molecule has 0 bridgehead atoms. The Balaban J connectivity index is 1.90. The quantitative estimate of drug-likeness (QED) is 0.582. The second kappa shape index (κ2) is 8.64. The monoisotopic (exact) mass is 413 g/mol. The third-order valence-corrected chi connectivity index (χ3v) is 4.68. The first-order valence-corrected chi connectivity index (χ1v) is 10.0. The van der Waals surface area contributed by atoms with E-state index in [0.29, 0.717) is 28.8 Å². The second-order valence-corrected chi connectivity index (χ2v) is 7.78. The van der Waals surface area contributed by atoms with Gasteiger partial charge in [-0.25, -0.2) is 14.5 Å². The number of nitrogens with one attached hydrogen (secondary N) is 1. The molecule has 1 atom stereocenters. The molecule has 1 N–H and O–H groups in total. The van der Waals surface area contributed by atoms with E-state index < -0.39 is 18.0 Å². The summed E-state index contributed by atoms with van der Waals surface area (Å²) in [5.41, 5.74) is 1.73. The summed E-state index contributed by atoms with van der Waals surface area (Å²) in [4.78, 5) is 30.3. The van der Waals surface area contributed by atoms with Gasteiger partial charge in [-0.05, 0) is 39.2 Å². The van der Waals surface area contributed by atoms with Crippen LogP contribution >= 0.6 is 0 Å². The van der Waals surface area contributed by atoms with E-state index in [-0.39, 0.29) is 17.8 Å². The van der Waals surface area contributed by atoms with Crippen molar-refractivity contribution in [2.24, 2.45) is 0 Å². The molecule has 9 heteroatoms. The van der Waals surface area contributed by atoms with E-state index >= 15 is 0 Å². The summed E-state index contributed by atoms with van der Waals surface area (Å²) in [6.45, 7) is 11.5. The minimum absolute atomic E-state index is 0.0846. The Labute approximate surface area is 174 Å². The molecule has 3 rings (SSSR count). The summed E-state index contributed by atoms with van der Waals surface area (Å²) >= 11 is 0. The summed E-state index contributed by atoms with van der Waals surface area (Å²) in [7, 11) is 0. The predicted octanol–water partition coefficient (Wildman–Crippen LogP) is 4.01. The topological polar surface area (TPSA) is 112 Å². The zero-order chi connectivity index (χ0) is 22.0. The number of aryl methyl sites for hydroxylation is 1. The standard InChI is InChI=1S/C21H27N5O4/c1-7-17(20(27)24-18-8-13(6)30-25-18)29-21(28)14-9-16(11(2)3)23-19-15(14)10-22-26(19)12(4)5/h8-12,17H,7H2,1-6H3,(H,24,25,27)/t17-/m0/s1. The highest BCUT2D eigenvalue weighted by molar-refractivity contribution is 6.04. The van der Waals surface area contributed by atoms with E-state index in [1.165, 1.54) is 0 Å². The van der Waals surface area contributed by atoms with Crippen molar-refractivity contribution in [2.75, 3.05) is 5.32 Å². The normalized spacial score (nSPS) is 12.5. The largest absolute Gasteiger partial charge is 0.449 e. The van der Waals surface area contributed by atoms with Crippen LogP contribution in [0.5, 0.6) is 0 Å². The van der Waals surface area contributed by atoms with E-state index in [9.17, 15) is 9.59 Å². The van der Waals surface area contributed by atoms with Gasteiger partial charge in [0.15, 0.2) is 17.6 Å². The zero-order valence-electron chi connectivity index (χ0n) is 18.1. The Bertz CT molecular complexity index is 1070. The molecule has 3 aromatic heterocycles. The molecule has 0 aliphatic heterocycles. The molecule has 0 aliphatic rings. The lowest BCUT2D eigenvalue weighted by Crippen LogP contribution is -2.32. The Kier molecular flexibility index (Phi) is 6.19. The number of pyridine rings is 1. The number of hydrogen-bond acceptors (Lipinski definition) is 7. The Morgan fingerprint density at radius 1 is 1.23 bits per heavy atom. The van der Waals surface area contributed by atoms with Gasteiger partial charge in [0.2, 0.25) is 0 Å². The number of aromatic nitrogens is 4. The zero-order valence-corrected chi connectivity index (χ0v) is 18.1. The number of esters is 1. The fourth-order valence-corrected chi connectivity index (χ4v) is 3.03. The average Bonchev–Trinajstić information content (AvgIpc) is 3.30. The van der Waals surface area contributed by atoms with Crippen molar-refractivity contribution in [3.8, 4) is 0 Å². The number of nitrogens with zero attached hydrogens (tertiary/aromatic N) is 4. The van der Waals surface area contributed by atoms with E-state index in [1.54, 1.807) is 36.9 Å². The number of anilines is 1. The molecule has 3 aromatic rings. The molecule has 30 heavy (non-hydrogen) atoms. The van der Waals surface area contributed by atoms with Gasteiger partial charge in [0.25, 0.3) is 5.91 Å². The van der Waals surface area contributed by atoms with Crippen LogP contribution in [-0.4, -0.2) is 37.9 Å². The fraction of sp³-hybridized carbons (Fsp3) is 0.476. The van der Waals surface area contributed by atoms with Crippen LogP contribution in [0.2, 0.25) is 0 Å². The minimum Gasteiger partial charge on any atom is -0.449 e. The molecule has 0 saturated carbocycles. The van der Waals surface area contributed by atoms with Gasteiger partial charge in [0.05, 0.1) is 17.1 Å². The molecule has 0 spiro atoms. The van der Waals surface area contributed by atoms with Crippen molar-refractivity contribution in [2.45, 2.75) is 66.0 Å². The van der Waals surface area contributed by atoms with Crippen molar-refractivity contribution in [1.82, 2.24) is 19.9 Å². The maximum Gasteiger partial charge on any atom is 0.339 e. The molecular weight excluding hydrogens is 386 g/mol. The molecular formula is C21H27N5O4. The third-order valence-electron chi connectivity index (χ3n) is 4.68. The third kappa shape index (κ3) is 4.34. The SMILES string of the molecule is CC[C@H](OC(=O)c1cc(C(C)C)nc2c1cnn2C(C)C)C(=O)Nc1cc(C)on1. The van der Waals surface area contributed by atoms with Crippen molar-refractivity contribution in [1.29, 1.82) is 0 Å². The highest BCUT2D eigenvalue weighted by atomic mass is 16.5. The van der Waals surface area contributed by atoms with Gasteiger partial charge in [0.1, 0.15) is 5.76 Å². The summed E-state index contributed by atoms with van der Waals surface area (Å²) in [6.07, 6.45) is 0.952. The Hall–Kier alpha value is -3.23. The summed E-state index contributed by atoms with van der Waals surface area (Å²) in [6, 6.07) is 3.39. The van der Waals surface area contributed by atoms with Crippen LogP contribution in [0.25, 0.3) is 11.0 Å². The number of hydrogen-bond donors (Lipinski definition) is 1. The van der Waals surface area contributed by atoms with E-state index in [4.69, 9.17) is 9.26 Å². The van der Waals surface area contributed by atoms with Gasteiger partial charge in [-0.3, -0.25) is 4.79 Å². The highest BCUT2D eigenvalue weighted by Gasteiger charge is 2.26. The second-order valence-electron chi connectivity index (χ2n) is 7.78. The first-order valence-electron chi connectivity index (χ1n) is 10.0. The average molecular weight is 413 g/mol. The minimum atomic E-state index is -0.972. The number of fused-ring (bicyclic) bond motifs is 1. The van der Waals surface area contributed by atoms with Crippen LogP contribution in [0.15, 0.2) is 22.9 Å². The van der Waals surface area contributed by atoms with Crippen LogP contribution < -0.4 is 5.32 Å². The van der Waals surface area contributed by atoms with Gasteiger partial charge in [-0.15, -0.1) is 0 Å². The maximum atomic E-state index is 13.0. The number of amides is 1. The van der Waals surface area contributed by atoms with Crippen LogP contribution in [0, 0.1) is 6.92 Å². The number of carbonyl (C=O) groups excluding carboxylic acids is 2. The van der Waals surface area contributed by atoms with Gasteiger partial charge in [-0.1, -0.05) is 25.9 Å². The van der Waals surface area contributed by atoms with Gasteiger partial charge >= 0.3 is 5.97 Å². The van der Waals surface area contributed by atoms with E-state index in [0.717, 1.165) is 5.69 Å². The molecule has 160 valence electrons. The molecule has 0 aromatic carbocycles. The van der Waals surface area contributed by atoms with Gasteiger partial charge in [-0.2, -0.15) is 5.10 Å². The highest BCUT2D eigenvalue weighted by Crippen LogP contribution is 2.25. The number of ether oxygens (including phenoxy) is 1. The summed E-state index contributed by atoms with van der Waals surface area (Å²) in [5, 5.41) is 11.3. The maximum absolute atomic E-state index is 13.0. The van der Waals surface area contributed by atoms with E-state index in [2.05, 4.69) is 20.6 Å². The smallest absolute Gasteiger partial charge is 0.339 e. The van der Waals surface area contributed by atoms with Crippen molar-refractivity contribution >= 4 is 28.7 Å². The lowest BCUT2D eigenvalue weighted by molar-refractivity contribution is -0.124. The molecule has 3 heterocycles. The van der Waals surface area contributed by atoms with Crippen molar-refractivity contribution < 1.29 is 18.8 Å². The molecule has 1 amide bonds. The van der Waals surface area contributed by atoms with Gasteiger partial charge < -0.3 is 14.6 Å². The molecule has 0 fully saturated rings. The number of carbonyl (C=O) groups is 2. The first-order chi connectivity index (χ1) is 14.2. The molecule has 9 nitrogen and oxygen atoms in total. The van der Waals surface area contributed by atoms with Crippen molar-refractivity contribution in [3.63, 3.8) is 0 Å². The van der Waals surface area contributed by atoms with Crippen LogP contribution in [0.3, 0.4) is 0 Å². The Morgan fingerprint density at radius 2 is 1.97 bits per heavy atom. The fourth-order valence-electron chi connectivity index (χ4n) is 3.03. The summed E-state index contributed by atoms with van der Waals surface area (Å²) in [5.74, 6) is -0.106. The first kappa shape index (κ1) is 21.5. The number of rotatable bonds is 7. The molecule has 0 aliphatic carbocycles. The predicted molar refractivity (Wildman–Crippen MR) is 111 cm³/mol. The van der Waals surface area contributed by atoms with Crippen LogP contribution in [0.1, 0.15) is 74.8 Å². The van der Waals surface area contributed by atoms with Crippen LogP contribution in [-0.2, 0) is 9.53 Å². The van der Waals surface area contributed by atoms with E-state index in [1.807, 2.05) is 27.7 Å². The summed E-state index contributed by atoms with van der Waals surface area (Å²) < 4.78 is 12.3. The lowest BCUT2D eigenvalue weighted by Gasteiger charge is -2.16. The van der Waals surface area contributed by atoms with Crippen LogP contribution in [0.4, 0.5) is 5.82 Å². The molecule has 0 unspecified atom stereocenters.